The summed E-state index contributed by atoms with van der Waals surface area (Å²) in [5, 5.41) is 0. The first-order valence-electron chi connectivity index (χ1n) is 2.29. The minimum Gasteiger partial charge on any atom is -0.325 e. The standard InChI is InChI=1S/C4H9NOS/c1-7-6-4-2-3(4)5/h3-4H,2,5H2,1H3/t3-,4-/m0/s1. The summed E-state index contributed by atoms with van der Waals surface area (Å²) < 4.78 is 5.06. The lowest BCUT2D eigenvalue weighted by Gasteiger charge is -1.90. The molecule has 1 aliphatic carbocycles. The molecule has 2 N–H and O–H groups in total. The Bertz CT molecular complexity index is 68.7. The highest BCUT2D eigenvalue weighted by atomic mass is 32.2. The van der Waals surface area contributed by atoms with Crippen LogP contribution in [0.4, 0.5) is 0 Å². The van der Waals surface area contributed by atoms with Gasteiger partial charge >= 0.3 is 0 Å². The molecule has 1 fully saturated rings. The van der Waals surface area contributed by atoms with Crippen LogP contribution in [-0.4, -0.2) is 18.4 Å². The minimum absolute atomic E-state index is 0.326. The summed E-state index contributed by atoms with van der Waals surface area (Å²) in [6, 6.07) is 0.326. The maximum absolute atomic E-state index is 5.41. The monoisotopic (exact) mass is 119 g/mol. The highest BCUT2D eigenvalue weighted by Crippen LogP contribution is 2.25. The number of nitrogens with two attached hydrogens (primary N) is 1. The maximum atomic E-state index is 5.41. The molecule has 3 heteroatoms. The minimum atomic E-state index is 0.326. The maximum Gasteiger partial charge on any atom is 0.0889 e. The number of rotatable bonds is 2. The molecule has 0 aromatic rings. The molecule has 1 saturated carbocycles. The Morgan fingerprint density at radius 3 is 2.57 bits per heavy atom. The smallest absolute Gasteiger partial charge is 0.0889 e. The van der Waals surface area contributed by atoms with Gasteiger partial charge in [-0.05, 0) is 18.5 Å². The van der Waals surface area contributed by atoms with E-state index in [4.69, 9.17) is 9.92 Å². The number of hydrogen-bond donors (Lipinski definition) is 1. The van der Waals surface area contributed by atoms with E-state index in [0.717, 1.165) is 6.42 Å². The van der Waals surface area contributed by atoms with Crippen molar-refractivity contribution in [2.45, 2.75) is 18.6 Å². The third-order valence-corrected chi connectivity index (χ3v) is 1.44. The van der Waals surface area contributed by atoms with Gasteiger partial charge < -0.3 is 9.92 Å². The van der Waals surface area contributed by atoms with Crippen molar-refractivity contribution < 1.29 is 4.18 Å². The molecule has 0 spiro atoms. The Morgan fingerprint density at radius 1 is 1.86 bits per heavy atom. The molecule has 2 atom stereocenters. The predicted molar refractivity (Wildman–Crippen MR) is 31.0 cm³/mol. The van der Waals surface area contributed by atoms with Gasteiger partial charge in [0.15, 0.2) is 0 Å². The molecule has 1 rings (SSSR count). The lowest BCUT2D eigenvalue weighted by Crippen LogP contribution is -2.04. The van der Waals surface area contributed by atoms with Crippen LogP contribution in [0.1, 0.15) is 6.42 Å². The Kier molecular flexibility index (Phi) is 1.57. The summed E-state index contributed by atoms with van der Waals surface area (Å²) >= 11 is 1.40. The van der Waals surface area contributed by atoms with Crippen molar-refractivity contribution in [1.82, 2.24) is 0 Å². The molecular weight excluding hydrogens is 110 g/mol. The molecule has 0 aromatic heterocycles. The third-order valence-electron chi connectivity index (χ3n) is 0.999. The van der Waals surface area contributed by atoms with Gasteiger partial charge in [0.05, 0.1) is 6.10 Å². The quantitative estimate of drug-likeness (QED) is 0.534. The van der Waals surface area contributed by atoms with E-state index in [1.165, 1.54) is 12.0 Å². The Balaban J connectivity index is 1.98. The number of hydrogen-bond acceptors (Lipinski definition) is 3. The molecule has 0 bridgehead atoms. The van der Waals surface area contributed by atoms with Crippen LogP contribution in [0.2, 0.25) is 0 Å². The van der Waals surface area contributed by atoms with Gasteiger partial charge in [0, 0.05) is 12.3 Å². The predicted octanol–water partition coefficient (Wildman–Crippen LogP) is 0.381. The van der Waals surface area contributed by atoms with Crippen molar-refractivity contribution in [2.24, 2.45) is 5.73 Å². The van der Waals surface area contributed by atoms with Crippen LogP contribution in [0.15, 0.2) is 0 Å². The van der Waals surface area contributed by atoms with Gasteiger partial charge in [0.1, 0.15) is 0 Å². The zero-order valence-corrected chi connectivity index (χ0v) is 5.07. The van der Waals surface area contributed by atoms with Crippen LogP contribution >= 0.6 is 12.0 Å². The van der Waals surface area contributed by atoms with E-state index in [0.29, 0.717) is 12.1 Å². The molecule has 0 aromatic carbocycles. The average Bonchev–Trinajstić information content (AvgIpc) is 2.22. The summed E-state index contributed by atoms with van der Waals surface area (Å²) in [5.74, 6) is 0. The van der Waals surface area contributed by atoms with E-state index in [-0.39, 0.29) is 0 Å². The zero-order valence-electron chi connectivity index (χ0n) is 4.26. The van der Waals surface area contributed by atoms with Crippen LogP contribution < -0.4 is 5.73 Å². The van der Waals surface area contributed by atoms with Crippen molar-refractivity contribution in [2.75, 3.05) is 6.26 Å². The van der Waals surface area contributed by atoms with Gasteiger partial charge in [-0.15, -0.1) is 0 Å². The molecule has 1 aliphatic rings. The fraction of sp³-hybridized carbons (Fsp3) is 1.00. The zero-order chi connectivity index (χ0) is 5.28. The summed E-state index contributed by atoms with van der Waals surface area (Å²) in [4.78, 5) is 0. The SMILES string of the molecule is CSO[C@H]1C[C@@H]1N. The summed E-state index contributed by atoms with van der Waals surface area (Å²) in [6.45, 7) is 0. The lowest BCUT2D eigenvalue weighted by molar-refractivity contribution is 0.353. The normalized spacial score (nSPS) is 38.6. The molecule has 0 saturated heterocycles. The average molecular weight is 119 g/mol. The van der Waals surface area contributed by atoms with Crippen molar-refractivity contribution in [3.05, 3.63) is 0 Å². The van der Waals surface area contributed by atoms with Crippen molar-refractivity contribution in [3.63, 3.8) is 0 Å². The van der Waals surface area contributed by atoms with E-state index < -0.39 is 0 Å². The van der Waals surface area contributed by atoms with E-state index in [2.05, 4.69) is 0 Å². The van der Waals surface area contributed by atoms with Crippen LogP contribution in [0.3, 0.4) is 0 Å². The van der Waals surface area contributed by atoms with E-state index in [1.807, 2.05) is 6.26 Å². The van der Waals surface area contributed by atoms with Gasteiger partial charge in [-0.3, -0.25) is 0 Å². The Labute approximate surface area is 47.6 Å². The molecule has 7 heavy (non-hydrogen) atoms. The Hall–Kier alpha value is 0.270. The first kappa shape index (κ1) is 5.41. The first-order valence-corrected chi connectivity index (χ1v) is 3.44. The molecular formula is C4H9NOS. The molecule has 42 valence electrons. The first-order chi connectivity index (χ1) is 3.34. The fourth-order valence-corrected chi connectivity index (χ4v) is 0.892. The van der Waals surface area contributed by atoms with Crippen LogP contribution in [0, 0.1) is 0 Å². The molecule has 0 radical (unpaired) electrons. The molecule has 0 amide bonds. The fourth-order valence-electron chi connectivity index (χ4n) is 0.424. The van der Waals surface area contributed by atoms with Crippen LogP contribution in [0.5, 0.6) is 0 Å². The van der Waals surface area contributed by atoms with Crippen molar-refractivity contribution in [1.29, 1.82) is 0 Å². The van der Waals surface area contributed by atoms with E-state index in [1.54, 1.807) is 0 Å². The third kappa shape index (κ3) is 1.33. The second-order valence-electron chi connectivity index (χ2n) is 1.70. The van der Waals surface area contributed by atoms with Gasteiger partial charge in [-0.2, -0.15) is 0 Å². The van der Waals surface area contributed by atoms with Gasteiger partial charge in [-0.1, -0.05) is 0 Å². The molecule has 0 unspecified atom stereocenters. The van der Waals surface area contributed by atoms with Crippen molar-refractivity contribution in [3.8, 4) is 0 Å². The summed E-state index contributed by atoms with van der Waals surface area (Å²) in [5.41, 5.74) is 5.41. The van der Waals surface area contributed by atoms with Crippen molar-refractivity contribution >= 4 is 12.0 Å². The topological polar surface area (TPSA) is 35.2 Å². The highest BCUT2D eigenvalue weighted by molar-refractivity contribution is 7.93. The van der Waals surface area contributed by atoms with Crippen LogP contribution in [0.25, 0.3) is 0 Å². The highest BCUT2D eigenvalue weighted by Gasteiger charge is 2.34. The second kappa shape index (κ2) is 2.03. The molecule has 0 aliphatic heterocycles. The second-order valence-corrected chi connectivity index (χ2v) is 2.23. The van der Waals surface area contributed by atoms with Gasteiger partial charge in [-0.25, -0.2) is 0 Å². The largest absolute Gasteiger partial charge is 0.325 e. The Morgan fingerprint density at radius 2 is 2.43 bits per heavy atom. The summed E-state index contributed by atoms with van der Waals surface area (Å²) in [7, 11) is 0. The molecule has 0 heterocycles. The van der Waals surface area contributed by atoms with Crippen LogP contribution in [-0.2, 0) is 4.18 Å². The van der Waals surface area contributed by atoms with Gasteiger partial charge in [0.25, 0.3) is 0 Å². The van der Waals surface area contributed by atoms with Gasteiger partial charge in [0.2, 0.25) is 0 Å². The lowest BCUT2D eigenvalue weighted by atomic mass is 10.8. The summed E-state index contributed by atoms with van der Waals surface area (Å²) in [6.07, 6.45) is 3.31. The van der Waals surface area contributed by atoms with E-state index >= 15 is 0 Å². The molecule has 2 nitrogen and oxygen atoms in total. The van der Waals surface area contributed by atoms with E-state index in [9.17, 15) is 0 Å².